The van der Waals surface area contributed by atoms with Gasteiger partial charge < -0.3 is 150 Å². The molecule has 51 heteroatoms. The third-order valence-electron chi connectivity index (χ3n) is 17.9. The SMILES string of the molecule is CC(C)C[C@H](NC(=O)[C@H](CC(N)=O)NC(=O)[C@@H](N)CC(C)C)C(=O)N[C@@H](CCC(N)=O)C(=O)N[C@@H](CCCCN)C(=O)N[C@@H](CC(=O)O)C(=O)N[C@@H](CCC(=O)O)C(=O)N1CCC[C@H]1C(=O)N[C@@H](CC(N)=O)C(=O)NCC(=O)N[C@@H](CCCN=C(N)N)C(=O)N[C@@H](C)C(=O)N[C@@H](CO)C(=O)N[C@@H](CC(=O)O)C(=O)N[C@H](C(=O)N[C@@H](C)C(=O)O)[C@@H](C)O. The third-order valence-corrected chi connectivity index (χ3v) is 17.9. The van der Waals surface area contributed by atoms with Crippen molar-refractivity contribution in [3.63, 3.8) is 0 Å². The van der Waals surface area contributed by atoms with Crippen molar-refractivity contribution in [2.75, 3.05) is 32.8 Å². The van der Waals surface area contributed by atoms with Gasteiger partial charge in [-0.3, -0.25) is 110 Å². The minimum atomic E-state index is -2.16. The number of aliphatic hydroxyl groups is 2. The Kier molecular flexibility index (Phi) is 47.3. The van der Waals surface area contributed by atoms with Gasteiger partial charge in [0.15, 0.2) is 5.96 Å². The maximum Gasteiger partial charge on any atom is 0.325 e. The summed E-state index contributed by atoms with van der Waals surface area (Å²) < 4.78 is 0. The summed E-state index contributed by atoms with van der Waals surface area (Å²) in [6.07, 6.45) is -9.17. The Morgan fingerprint density at radius 3 is 1.34 bits per heavy atom. The summed E-state index contributed by atoms with van der Waals surface area (Å²) in [6, 6.07) is -26.2. The van der Waals surface area contributed by atoms with E-state index in [1.54, 1.807) is 27.7 Å². The number of aliphatic hydroxyl groups excluding tert-OH is 2. The minimum absolute atomic E-state index is 0.0165. The number of aliphatic carboxylic acids is 4. The Bertz CT molecular complexity index is 3730. The maximum atomic E-state index is 14.6. The van der Waals surface area contributed by atoms with Crippen molar-refractivity contribution >= 4 is 136 Å². The summed E-state index contributed by atoms with van der Waals surface area (Å²) in [5.41, 5.74) is 38.8. The fraction of sp³-hybridized carbons (Fsp3) is 0.671. The van der Waals surface area contributed by atoms with E-state index in [4.69, 9.17) is 45.2 Å². The Morgan fingerprint density at radius 2 is 0.851 bits per heavy atom. The number of carboxylic acids is 4. The molecule has 0 aromatic rings. The minimum Gasteiger partial charge on any atom is -0.481 e. The van der Waals surface area contributed by atoms with Crippen LogP contribution in [0.2, 0.25) is 0 Å². The summed E-state index contributed by atoms with van der Waals surface area (Å²) in [7, 11) is 0. The van der Waals surface area contributed by atoms with Crippen molar-refractivity contribution in [1.29, 1.82) is 0 Å². The van der Waals surface area contributed by atoms with Crippen molar-refractivity contribution in [2.45, 2.75) is 254 Å². The van der Waals surface area contributed by atoms with E-state index in [0.29, 0.717) is 0 Å². The monoisotopic (exact) mass is 1730 g/mol. The molecule has 0 unspecified atom stereocenters. The van der Waals surface area contributed by atoms with Gasteiger partial charge >= 0.3 is 23.9 Å². The number of unbranched alkanes of at least 4 members (excludes halogenated alkanes) is 1. The third kappa shape index (κ3) is 41.1. The van der Waals surface area contributed by atoms with E-state index in [9.17, 15) is 131 Å². The van der Waals surface area contributed by atoms with Crippen LogP contribution in [0, 0.1) is 11.8 Å². The van der Waals surface area contributed by atoms with Gasteiger partial charge in [0.25, 0.3) is 0 Å². The van der Waals surface area contributed by atoms with E-state index < -0.39 is 291 Å². The van der Waals surface area contributed by atoms with Crippen LogP contribution in [0.3, 0.4) is 0 Å². The molecule has 0 spiro atoms. The molecule has 16 atom stereocenters. The average molecular weight is 1730 g/mol. The van der Waals surface area contributed by atoms with Crippen LogP contribution in [0.25, 0.3) is 0 Å². The first kappa shape index (κ1) is 106. The number of nitrogens with zero attached hydrogens (tertiary/aromatic N) is 2. The lowest BCUT2D eigenvalue weighted by molar-refractivity contribution is -0.144. The highest BCUT2D eigenvalue weighted by Gasteiger charge is 2.43. The normalized spacial score (nSPS) is 16.0. The first-order chi connectivity index (χ1) is 56.4. The molecule has 0 bridgehead atoms. The fourth-order valence-electron chi connectivity index (χ4n) is 11.6. The number of likely N-dealkylation sites (tertiary alicyclic amines) is 1. The molecule has 1 heterocycles. The molecule has 51 nitrogen and oxygen atoms in total. The number of carbonyl (C=O) groups is 22. The number of carboxylic acid groups (broad SMARTS) is 4. The number of guanidine groups is 1. The van der Waals surface area contributed by atoms with E-state index in [0.717, 1.165) is 25.7 Å². The number of carbonyl (C=O) groups excluding carboxylic acids is 18. The number of primary amides is 3. The summed E-state index contributed by atoms with van der Waals surface area (Å²) in [5.74, 6) is -28.4. The quantitative estimate of drug-likeness (QED) is 0.0153. The molecule has 0 aliphatic carbocycles. The van der Waals surface area contributed by atoms with Crippen molar-refractivity contribution < 1.29 is 136 Å². The number of hydrogen-bond acceptors (Lipinski definition) is 27. The summed E-state index contributed by atoms with van der Waals surface area (Å²) >= 11 is 0. The molecule has 0 radical (unpaired) electrons. The van der Waals surface area contributed by atoms with Gasteiger partial charge in [0.05, 0.1) is 51.0 Å². The summed E-state index contributed by atoms with van der Waals surface area (Å²) in [5, 5.41) is 89.8. The highest BCUT2D eigenvalue weighted by molar-refractivity contribution is 6.02. The van der Waals surface area contributed by atoms with Crippen molar-refractivity contribution in [2.24, 2.45) is 57.0 Å². The van der Waals surface area contributed by atoms with Gasteiger partial charge in [0.2, 0.25) is 106 Å². The van der Waals surface area contributed by atoms with Gasteiger partial charge in [-0.05, 0) is 110 Å². The lowest BCUT2D eigenvalue weighted by Gasteiger charge is -2.30. The van der Waals surface area contributed by atoms with Gasteiger partial charge in [0.1, 0.15) is 84.6 Å². The Hall–Kier alpha value is -12.5. The molecular formula is C70H117N23O28. The van der Waals surface area contributed by atoms with Crippen LogP contribution in [0.15, 0.2) is 4.99 Å². The van der Waals surface area contributed by atoms with Gasteiger partial charge in [-0.25, -0.2) is 0 Å². The van der Waals surface area contributed by atoms with Crippen LogP contribution < -0.4 is 115 Å². The zero-order chi connectivity index (χ0) is 92.4. The topological polar surface area (TPSA) is 863 Å². The van der Waals surface area contributed by atoms with Crippen LogP contribution in [-0.4, -0.2) is 301 Å². The van der Waals surface area contributed by atoms with Gasteiger partial charge in [-0.2, -0.15) is 0 Å². The zero-order valence-corrected chi connectivity index (χ0v) is 68.0. The Labute approximate surface area is 693 Å². The van der Waals surface area contributed by atoms with Crippen molar-refractivity contribution in [3.8, 4) is 0 Å². The van der Waals surface area contributed by atoms with Crippen molar-refractivity contribution in [3.05, 3.63) is 0 Å². The standard InChI is InChI=1S/C70H117N23O28/c1-30(2)22-35(72)56(107)86-42(25-49(75)98)62(113)87-40(23-31(3)4)61(112)84-38(15-17-47(73)96)60(111)83-37(12-8-9-19-71)59(110)88-43(26-52(102)103)63(114)85-39(16-18-51(100)101)68(119)93-21-11-14-46(93)66(117)90-41(24-48(74)97)57(108)79-28-50(99)82-36(13-10-20-78-70(76)77)58(109)80-32(5)55(106)91-45(29-94)65(116)89-44(27-53(104)105)64(115)92-54(34(7)95)67(118)81-33(6)69(120)121/h30-46,54,94-95H,8-29,71-72H2,1-7H3,(H2,73,96)(H2,74,97)(H2,75,98)(H,79,108)(H,80,109)(H,81,118)(H,82,99)(H,83,111)(H,84,112)(H,85,114)(H,86,107)(H,87,113)(H,88,110)(H,89,116)(H,90,117)(H,91,106)(H,92,115)(H,100,101)(H,102,103)(H,104,105)(H,120,121)(H4,76,77,78)/t32-,33-,34+,35-,36-,37-,38-,39-,40-,41-,42-,43-,44-,45-,46-,54-/m0/s1. The molecule has 1 saturated heterocycles. The van der Waals surface area contributed by atoms with E-state index in [2.05, 4.69) is 63.5 Å². The summed E-state index contributed by atoms with van der Waals surface area (Å²) in [4.78, 5) is 295. The highest BCUT2D eigenvalue weighted by atomic mass is 16.4. The highest BCUT2D eigenvalue weighted by Crippen LogP contribution is 2.21. The van der Waals surface area contributed by atoms with Crippen LogP contribution in [0.1, 0.15) is 158 Å². The molecule has 121 heavy (non-hydrogen) atoms. The lowest BCUT2D eigenvalue weighted by Crippen LogP contribution is -2.61. The molecule has 1 fully saturated rings. The Balaban J connectivity index is 3.55. The van der Waals surface area contributed by atoms with Crippen LogP contribution in [0.4, 0.5) is 0 Å². The number of nitrogens with one attached hydrogen (secondary N) is 14. The molecule has 18 amide bonds. The maximum absolute atomic E-state index is 14.6. The van der Waals surface area contributed by atoms with E-state index in [-0.39, 0.29) is 95.2 Å². The largest absolute Gasteiger partial charge is 0.481 e. The molecular weight excluding hydrogens is 1610 g/mol. The first-order valence-corrected chi connectivity index (χ1v) is 38.5. The molecule has 0 aromatic carbocycles. The van der Waals surface area contributed by atoms with E-state index >= 15 is 0 Å². The number of nitrogens with two attached hydrogens (primary N) is 7. The number of aliphatic imine (C=N–C) groups is 1. The zero-order valence-electron chi connectivity index (χ0n) is 68.0. The second-order valence-corrected chi connectivity index (χ2v) is 29.4. The molecule has 34 N–H and O–H groups in total. The first-order valence-electron chi connectivity index (χ1n) is 38.5. The number of rotatable bonds is 58. The average Bonchev–Trinajstić information content (AvgIpc) is 1.70. The van der Waals surface area contributed by atoms with E-state index in [1.807, 2.05) is 16.0 Å². The van der Waals surface area contributed by atoms with Gasteiger partial charge in [-0.1, -0.05) is 27.7 Å². The van der Waals surface area contributed by atoms with Crippen LogP contribution in [-0.2, 0) is 105 Å². The molecule has 0 aromatic heterocycles. The summed E-state index contributed by atoms with van der Waals surface area (Å²) in [6.45, 7) is 7.31. The lowest BCUT2D eigenvalue weighted by atomic mass is 10.0. The molecule has 1 rings (SSSR count). The second-order valence-electron chi connectivity index (χ2n) is 29.4. The predicted octanol–water partition coefficient (Wildman–Crippen LogP) is -12.7. The number of amides is 18. The number of hydrogen-bond donors (Lipinski definition) is 27. The molecule has 680 valence electrons. The fourth-order valence-corrected chi connectivity index (χ4v) is 11.6. The van der Waals surface area contributed by atoms with Gasteiger partial charge in [0, 0.05) is 25.9 Å². The van der Waals surface area contributed by atoms with Crippen LogP contribution in [0.5, 0.6) is 0 Å². The molecule has 1 aliphatic heterocycles. The molecule has 0 saturated carbocycles. The van der Waals surface area contributed by atoms with Crippen LogP contribution >= 0.6 is 0 Å². The Morgan fingerprint density at radius 1 is 0.421 bits per heavy atom. The van der Waals surface area contributed by atoms with Gasteiger partial charge in [-0.15, -0.1) is 0 Å². The smallest absolute Gasteiger partial charge is 0.325 e. The second kappa shape index (κ2) is 53.8. The van der Waals surface area contributed by atoms with E-state index in [1.165, 1.54) is 0 Å². The molecule has 1 aliphatic rings. The van der Waals surface area contributed by atoms with Crippen molar-refractivity contribution in [1.82, 2.24) is 79.3 Å². The predicted molar refractivity (Wildman–Crippen MR) is 418 cm³/mol.